The largest absolute Gasteiger partial charge is 0.379 e. The van der Waals surface area contributed by atoms with Crippen LogP contribution in [0.3, 0.4) is 0 Å². The summed E-state index contributed by atoms with van der Waals surface area (Å²) in [6.45, 7) is 18.1. The Morgan fingerprint density at radius 1 is 0.483 bits per heavy atom. The van der Waals surface area contributed by atoms with Crippen molar-refractivity contribution in [3.05, 3.63) is 0 Å². The van der Waals surface area contributed by atoms with Crippen LogP contribution >= 0.6 is 0 Å². The van der Waals surface area contributed by atoms with Crippen molar-refractivity contribution in [1.82, 2.24) is 0 Å². The average molecular weight is 419 g/mol. The highest BCUT2D eigenvalue weighted by Gasteiger charge is 2.09. The van der Waals surface area contributed by atoms with Crippen LogP contribution in [0.2, 0.25) is 0 Å². The van der Waals surface area contributed by atoms with Gasteiger partial charge in [0.2, 0.25) is 0 Å². The zero-order chi connectivity index (χ0) is 21.6. The van der Waals surface area contributed by atoms with E-state index in [1.807, 2.05) is 0 Å². The van der Waals surface area contributed by atoms with Crippen molar-refractivity contribution >= 4 is 0 Å². The minimum Gasteiger partial charge on any atom is -0.379 e. The van der Waals surface area contributed by atoms with E-state index in [-0.39, 0.29) is 0 Å². The van der Waals surface area contributed by atoms with E-state index in [2.05, 4.69) is 34.6 Å². The maximum atomic E-state index is 5.70. The fraction of sp³-hybridized carbons (Fsp3) is 1.00. The van der Waals surface area contributed by atoms with Gasteiger partial charge in [-0.15, -0.1) is 0 Å². The van der Waals surface area contributed by atoms with Crippen molar-refractivity contribution < 1.29 is 23.7 Å². The van der Waals surface area contributed by atoms with Gasteiger partial charge in [-0.25, -0.2) is 0 Å². The van der Waals surface area contributed by atoms with Crippen molar-refractivity contribution in [3.8, 4) is 0 Å². The van der Waals surface area contributed by atoms with Crippen molar-refractivity contribution in [1.29, 1.82) is 0 Å². The Labute approximate surface area is 181 Å². The summed E-state index contributed by atoms with van der Waals surface area (Å²) < 4.78 is 27.4. The van der Waals surface area contributed by atoms with Crippen molar-refractivity contribution in [2.24, 2.45) is 17.8 Å². The first-order valence-corrected chi connectivity index (χ1v) is 11.9. The molecule has 176 valence electrons. The molecular weight excluding hydrogens is 368 g/mol. The summed E-state index contributed by atoms with van der Waals surface area (Å²) in [7, 11) is 0. The van der Waals surface area contributed by atoms with Crippen molar-refractivity contribution in [2.45, 2.75) is 73.1 Å². The quantitative estimate of drug-likeness (QED) is 0.209. The molecule has 0 N–H and O–H groups in total. The molecule has 0 aliphatic heterocycles. The molecule has 0 rings (SSSR count). The van der Waals surface area contributed by atoms with E-state index in [9.17, 15) is 0 Å². The lowest BCUT2D eigenvalue weighted by Crippen LogP contribution is -2.14. The molecule has 2 atom stereocenters. The first kappa shape index (κ1) is 28.8. The second-order valence-electron chi connectivity index (χ2n) is 8.62. The zero-order valence-electron chi connectivity index (χ0n) is 20.1. The predicted octanol–water partition coefficient (Wildman–Crippen LogP) is 5.36. The van der Waals surface area contributed by atoms with E-state index in [4.69, 9.17) is 23.7 Å². The number of rotatable bonds is 23. The SMILES string of the molecule is CCCOCCOCCOCCOCCOCCC(C)CC(C)CCCC(C)C. The minimum absolute atomic E-state index is 0.599. The van der Waals surface area contributed by atoms with E-state index in [1.54, 1.807) is 0 Å². The first-order chi connectivity index (χ1) is 14.1. The topological polar surface area (TPSA) is 46.2 Å². The lowest BCUT2D eigenvalue weighted by Gasteiger charge is -2.17. The molecule has 0 aliphatic carbocycles. The fourth-order valence-corrected chi connectivity index (χ4v) is 3.21. The second kappa shape index (κ2) is 22.5. The molecule has 5 nitrogen and oxygen atoms in total. The van der Waals surface area contributed by atoms with E-state index < -0.39 is 0 Å². The highest BCUT2D eigenvalue weighted by molar-refractivity contribution is 4.61. The second-order valence-corrected chi connectivity index (χ2v) is 8.62. The molecule has 0 spiro atoms. The van der Waals surface area contributed by atoms with Crippen LogP contribution in [0.25, 0.3) is 0 Å². The summed E-state index contributed by atoms with van der Waals surface area (Å²) in [5.74, 6) is 2.39. The molecule has 0 amide bonds. The summed E-state index contributed by atoms with van der Waals surface area (Å²) in [6, 6.07) is 0. The maximum absolute atomic E-state index is 5.70. The van der Waals surface area contributed by atoms with Gasteiger partial charge in [-0.3, -0.25) is 0 Å². The van der Waals surface area contributed by atoms with E-state index >= 15 is 0 Å². The Morgan fingerprint density at radius 3 is 1.34 bits per heavy atom. The monoisotopic (exact) mass is 418 g/mol. The Morgan fingerprint density at radius 2 is 0.897 bits per heavy atom. The van der Waals surface area contributed by atoms with Gasteiger partial charge < -0.3 is 23.7 Å². The average Bonchev–Trinajstić information content (AvgIpc) is 2.67. The van der Waals surface area contributed by atoms with Crippen LogP contribution in [0.1, 0.15) is 73.1 Å². The zero-order valence-corrected chi connectivity index (χ0v) is 20.1. The Bertz CT molecular complexity index is 312. The Balaban J connectivity index is 3.22. The molecule has 0 saturated heterocycles. The van der Waals surface area contributed by atoms with Gasteiger partial charge >= 0.3 is 0 Å². The van der Waals surface area contributed by atoms with Gasteiger partial charge in [0.05, 0.1) is 52.9 Å². The van der Waals surface area contributed by atoms with Crippen LogP contribution in [0.4, 0.5) is 0 Å². The molecule has 0 aromatic heterocycles. The molecule has 0 aromatic rings. The van der Waals surface area contributed by atoms with Crippen LogP contribution in [-0.4, -0.2) is 66.1 Å². The first-order valence-electron chi connectivity index (χ1n) is 11.9. The van der Waals surface area contributed by atoms with Crippen LogP contribution in [-0.2, 0) is 23.7 Å². The molecule has 5 heteroatoms. The minimum atomic E-state index is 0.599. The van der Waals surface area contributed by atoms with Gasteiger partial charge in [-0.05, 0) is 37.0 Å². The van der Waals surface area contributed by atoms with Gasteiger partial charge in [0.1, 0.15) is 0 Å². The van der Waals surface area contributed by atoms with Crippen molar-refractivity contribution in [2.75, 3.05) is 66.1 Å². The molecule has 2 unspecified atom stereocenters. The highest BCUT2D eigenvalue weighted by atomic mass is 16.6. The summed E-state index contributed by atoms with van der Waals surface area (Å²) in [5.41, 5.74) is 0. The standard InChI is InChI=1S/C24H50O5/c1-6-11-25-13-15-27-17-19-29-20-18-28-16-14-26-12-10-24(5)21-23(4)9-7-8-22(2)3/h22-24H,6-21H2,1-5H3. The molecule has 0 saturated carbocycles. The molecule has 0 aromatic carbocycles. The van der Waals surface area contributed by atoms with Gasteiger partial charge in [-0.1, -0.05) is 53.9 Å². The summed E-state index contributed by atoms with van der Waals surface area (Å²) in [6.07, 6.45) is 7.58. The normalized spacial score (nSPS) is 13.9. The lowest BCUT2D eigenvalue weighted by molar-refractivity contribution is -0.0117. The third-order valence-electron chi connectivity index (χ3n) is 4.87. The summed E-state index contributed by atoms with van der Waals surface area (Å²) in [5, 5.41) is 0. The predicted molar refractivity (Wildman–Crippen MR) is 121 cm³/mol. The molecule has 29 heavy (non-hydrogen) atoms. The van der Waals surface area contributed by atoms with E-state index in [1.165, 1.54) is 25.7 Å². The van der Waals surface area contributed by atoms with E-state index in [0.717, 1.165) is 43.8 Å². The van der Waals surface area contributed by atoms with Gasteiger partial charge in [-0.2, -0.15) is 0 Å². The van der Waals surface area contributed by atoms with Crippen LogP contribution in [0, 0.1) is 17.8 Å². The third-order valence-corrected chi connectivity index (χ3v) is 4.87. The van der Waals surface area contributed by atoms with Crippen LogP contribution < -0.4 is 0 Å². The number of hydrogen-bond donors (Lipinski definition) is 0. The molecular formula is C24H50O5. The van der Waals surface area contributed by atoms with Crippen molar-refractivity contribution in [3.63, 3.8) is 0 Å². The van der Waals surface area contributed by atoms with Gasteiger partial charge in [0, 0.05) is 13.2 Å². The van der Waals surface area contributed by atoms with Crippen LogP contribution in [0.5, 0.6) is 0 Å². The Hall–Kier alpha value is -0.200. The molecule has 0 bridgehead atoms. The smallest absolute Gasteiger partial charge is 0.0701 e. The number of hydrogen-bond acceptors (Lipinski definition) is 5. The summed E-state index contributed by atoms with van der Waals surface area (Å²) >= 11 is 0. The maximum Gasteiger partial charge on any atom is 0.0701 e. The van der Waals surface area contributed by atoms with E-state index in [0.29, 0.717) is 52.9 Å². The summed E-state index contributed by atoms with van der Waals surface area (Å²) in [4.78, 5) is 0. The molecule has 0 fully saturated rings. The molecule has 0 radical (unpaired) electrons. The fourth-order valence-electron chi connectivity index (χ4n) is 3.21. The lowest BCUT2D eigenvalue weighted by atomic mass is 9.90. The van der Waals surface area contributed by atoms with Crippen LogP contribution in [0.15, 0.2) is 0 Å². The Kier molecular flexibility index (Phi) is 22.3. The third kappa shape index (κ3) is 23.9. The molecule has 0 aliphatic rings. The highest BCUT2D eigenvalue weighted by Crippen LogP contribution is 2.21. The number of ether oxygens (including phenoxy) is 5. The molecule has 0 heterocycles. The van der Waals surface area contributed by atoms with Gasteiger partial charge in [0.15, 0.2) is 0 Å². The van der Waals surface area contributed by atoms with Gasteiger partial charge in [0.25, 0.3) is 0 Å².